The van der Waals surface area contributed by atoms with E-state index in [-0.39, 0.29) is 5.56 Å². The Labute approximate surface area is 193 Å². The van der Waals surface area contributed by atoms with E-state index in [1.165, 1.54) is 12.8 Å². The molecule has 0 amide bonds. The molecule has 2 aliphatic rings. The fraction of sp³-hybridized carbons (Fsp3) is 0.458. The summed E-state index contributed by atoms with van der Waals surface area (Å²) in [6, 6.07) is 7.83. The van der Waals surface area contributed by atoms with Gasteiger partial charge in [0, 0.05) is 52.6 Å². The fourth-order valence-electron chi connectivity index (χ4n) is 4.76. The van der Waals surface area contributed by atoms with Crippen LogP contribution in [0.2, 0.25) is 0 Å². The lowest BCUT2D eigenvalue weighted by Crippen LogP contribution is -2.25. The number of H-pyrrole nitrogens is 1. The zero-order valence-corrected chi connectivity index (χ0v) is 20.0. The molecule has 6 nitrogen and oxygen atoms in total. The largest absolute Gasteiger partial charge is 0.382 e. The van der Waals surface area contributed by atoms with Crippen molar-refractivity contribution in [3.05, 3.63) is 47.0 Å². The molecule has 0 spiro atoms. The highest BCUT2D eigenvalue weighted by atomic mass is 35.5. The highest BCUT2D eigenvalue weighted by molar-refractivity contribution is 7.95. The molecule has 0 saturated heterocycles. The summed E-state index contributed by atoms with van der Waals surface area (Å²) in [5, 5.41) is 4.52. The number of halogens is 1. The molecule has 0 aliphatic heterocycles. The second-order valence-electron chi connectivity index (χ2n) is 9.47. The maximum atomic E-state index is 13.4. The first-order chi connectivity index (χ1) is 15.2. The van der Waals surface area contributed by atoms with Crippen LogP contribution in [0.5, 0.6) is 0 Å². The van der Waals surface area contributed by atoms with E-state index in [0.717, 1.165) is 41.0 Å². The van der Waals surface area contributed by atoms with E-state index in [2.05, 4.69) is 17.2 Å². The van der Waals surface area contributed by atoms with Crippen molar-refractivity contribution in [2.45, 2.75) is 60.6 Å². The summed E-state index contributed by atoms with van der Waals surface area (Å²) in [6.07, 6.45) is 9.38. The summed E-state index contributed by atoms with van der Waals surface area (Å²) in [7, 11) is -1.42. The van der Waals surface area contributed by atoms with Crippen LogP contribution in [0.4, 0.5) is 5.69 Å². The number of rotatable bonds is 5. The third-order valence-corrected chi connectivity index (χ3v) is 10.4. The van der Waals surface area contributed by atoms with E-state index in [4.69, 9.17) is 16.4 Å². The summed E-state index contributed by atoms with van der Waals surface area (Å²) >= 11 is 6.47. The molecule has 2 fully saturated rings. The monoisotopic (exact) mass is 472 g/mol. The fourth-order valence-corrected chi connectivity index (χ4v) is 6.76. The van der Waals surface area contributed by atoms with Gasteiger partial charge in [-0.25, -0.2) is 8.99 Å². The van der Waals surface area contributed by atoms with Gasteiger partial charge in [-0.05, 0) is 68.7 Å². The third-order valence-electron chi connectivity index (χ3n) is 7.04. The maximum Gasteiger partial charge on any atom is 0.274 e. The van der Waals surface area contributed by atoms with Gasteiger partial charge in [-0.3, -0.25) is 4.79 Å². The minimum atomic E-state index is -3.15. The average Bonchev–Trinajstić information content (AvgIpc) is 3.34. The molecular weight excluding hydrogens is 444 g/mol. The molecule has 2 saturated carbocycles. The van der Waals surface area contributed by atoms with Crippen LogP contribution in [0.3, 0.4) is 0 Å². The number of alkyl halides is 1. The molecule has 1 aromatic carbocycles. The van der Waals surface area contributed by atoms with Crippen molar-refractivity contribution in [3.63, 3.8) is 0 Å². The second kappa shape index (κ2) is 7.66. The molecule has 0 radical (unpaired) electrons. The Morgan fingerprint density at radius 2 is 1.91 bits per heavy atom. The number of aromatic amines is 1. The zero-order valence-electron chi connectivity index (χ0n) is 18.4. The first-order valence-corrected chi connectivity index (χ1v) is 13.2. The lowest BCUT2D eigenvalue weighted by molar-refractivity contribution is 0.361. The molecule has 3 N–H and O–H groups in total. The smallest absolute Gasteiger partial charge is 0.274 e. The van der Waals surface area contributed by atoms with Gasteiger partial charge in [-0.2, -0.15) is 0 Å². The molecule has 5 rings (SSSR count). The van der Waals surface area contributed by atoms with Crippen LogP contribution < -0.4 is 10.9 Å². The minimum Gasteiger partial charge on any atom is -0.382 e. The number of hydrogen-bond donors (Lipinski definition) is 3. The quantitative estimate of drug-likeness (QED) is 0.418. The Kier molecular flexibility index (Phi) is 5.17. The van der Waals surface area contributed by atoms with E-state index in [9.17, 15) is 9.00 Å². The van der Waals surface area contributed by atoms with Gasteiger partial charge >= 0.3 is 0 Å². The number of fused-ring (bicyclic) bond motifs is 1. The van der Waals surface area contributed by atoms with Crippen molar-refractivity contribution in [1.82, 2.24) is 9.55 Å². The summed E-state index contributed by atoms with van der Waals surface area (Å²) in [5.41, 5.74) is 3.09. The molecule has 32 heavy (non-hydrogen) atoms. The van der Waals surface area contributed by atoms with Gasteiger partial charge in [-0.1, -0.05) is 6.92 Å². The van der Waals surface area contributed by atoms with Crippen LogP contribution >= 0.6 is 11.6 Å². The second-order valence-corrected chi connectivity index (χ2v) is 12.8. The van der Waals surface area contributed by atoms with E-state index in [1.807, 2.05) is 24.4 Å². The van der Waals surface area contributed by atoms with E-state index in [1.54, 1.807) is 23.9 Å². The molecular formula is C24H29ClN4O2S. The number of nitrogens with zero attached hydrogens (tertiary/aromatic N) is 1. The van der Waals surface area contributed by atoms with Crippen LogP contribution in [0.25, 0.3) is 22.0 Å². The lowest BCUT2D eigenvalue weighted by Gasteiger charge is -2.29. The average molecular weight is 473 g/mol. The van der Waals surface area contributed by atoms with Crippen LogP contribution in [0, 0.1) is 10.7 Å². The van der Waals surface area contributed by atoms with Crippen LogP contribution in [-0.4, -0.2) is 24.0 Å². The highest BCUT2D eigenvalue weighted by Crippen LogP contribution is 2.51. The zero-order chi connectivity index (χ0) is 22.7. The number of pyridine rings is 1. The Morgan fingerprint density at radius 1 is 1.19 bits per heavy atom. The van der Waals surface area contributed by atoms with Crippen LogP contribution in [0.15, 0.2) is 46.3 Å². The molecule has 8 heteroatoms. The molecule has 2 aliphatic carbocycles. The van der Waals surface area contributed by atoms with Gasteiger partial charge in [0.2, 0.25) is 0 Å². The SMILES string of the molecule is Cn1cc(-c2cc(S(=N)(=O)C3(Cl)CC3)ccc2N[C@H]2CC[C@H](C)CC2)c2cc[nH]c2c1=O. The highest BCUT2D eigenvalue weighted by Gasteiger charge is 2.51. The minimum absolute atomic E-state index is 0.0948. The van der Waals surface area contributed by atoms with Gasteiger partial charge in [0.25, 0.3) is 5.56 Å². The molecule has 170 valence electrons. The molecule has 0 bridgehead atoms. The Balaban J connectivity index is 1.66. The topological polar surface area (TPSA) is 90.7 Å². The Hall–Kier alpha value is -2.25. The van der Waals surface area contributed by atoms with Crippen LogP contribution in [0.1, 0.15) is 45.4 Å². The normalized spacial score (nSPS) is 24.2. The number of hydrogen-bond acceptors (Lipinski definition) is 4. The van der Waals surface area contributed by atoms with Gasteiger partial charge in [-0.15, -0.1) is 11.6 Å². The molecule has 1 atom stereocenters. The third kappa shape index (κ3) is 3.55. The summed E-state index contributed by atoms with van der Waals surface area (Å²) in [5.74, 6) is 0.754. The predicted molar refractivity (Wildman–Crippen MR) is 131 cm³/mol. The van der Waals surface area contributed by atoms with Crippen molar-refractivity contribution in [3.8, 4) is 11.1 Å². The van der Waals surface area contributed by atoms with Crippen molar-refractivity contribution in [2.24, 2.45) is 13.0 Å². The molecule has 1 unspecified atom stereocenters. The number of aryl methyl sites for hydroxylation is 1. The first kappa shape index (κ1) is 21.6. The maximum absolute atomic E-state index is 13.4. The summed E-state index contributed by atoms with van der Waals surface area (Å²) in [4.78, 5) is 16.1. The number of anilines is 1. The standard InChI is InChI=1S/C24H29ClN4O2S/c1-15-3-5-16(6-4-15)28-21-8-7-17(32(26,31)24(25)10-11-24)13-19(21)20-14-29(2)23(30)22-18(20)9-12-27-22/h7-9,12-16,26-28H,3-6,10-11H2,1-2H3/t15-,16-,32?. The Morgan fingerprint density at radius 3 is 2.59 bits per heavy atom. The Bertz CT molecular complexity index is 1350. The summed E-state index contributed by atoms with van der Waals surface area (Å²) < 4.78 is 22.6. The van der Waals surface area contributed by atoms with Gasteiger partial charge in [0.15, 0.2) is 0 Å². The van der Waals surface area contributed by atoms with Crippen molar-refractivity contribution >= 4 is 37.9 Å². The van der Waals surface area contributed by atoms with E-state index in [0.29, 0.717) is 29.3 Å². The van der Waals surface area contributed by atoms with Gasteiger partial charge in [0.05, 0.1) is 9.73 Å². The number of nitrogens with one attached hydrogen (secondary N) is 3. The predicted octanol–water partition coefficient (Wildman–Crippen LogP) is 5.66. The van der Waals surface area contributed by atoms with E-state index >= 15 is 0 Å². The van der Waals surface area contributed by atoms with E-state index < -0.39 is 13.9 Å². The van der Waals surface area contributed by atoms with Crippen molar-refractivity contribution < 1.29 is 4.21 Å². The van der Waals surface area contributed by atoms with Crippen LogP contribution in [-0.2, 0) is 16.8 Å². The molecule has 3 aromatic rings. The first-order valence-electron chi connectivity index (χ1n) is 11.2. The summed E-state index contributed by atoms with van der Waals surface area (Å²) in [6.45, 7) is 2.30. The van der Waals surface area contributed by atoms with Crippen molar-refractivity contribution in [1.29, 1.82) is 4.78 Å². The number of aromatic nitrogens is 2. The van der Waals surface area contributed by atoms with Crippen molar-refractivity contribution in [2.75, 3.05) is 5.32 Å². The number of benzene rings is 1. The lowest BCUT2D eigenvalue weighted by atomic mass is 9.87. The van der Waals surface area contributed by atoms with Gasteiger partial charge in [0.1, 0.15) is 9.72 Å². The molecule has 2 aromatic heterocycles. The molecule has 2 heterocycles. The van der Waals surface area contributed by atoms with Gasteiger partial charge < -0.3 is 14.9 Å².